The lowest BCUT2D eigenvalue weighted by Gasteiger charge is -2.11. The van der Waals surface area contributed by atoms with Gasteiger partial charge in [0.25, 0.3) is 0 Å². The summed E-state index contributed by atoms with van der Waals surface area (Å²) < 4.78 is 5.71. The Morgan fingerprint density at radius 2 is 2.05 bits per heavy atom. The van der Waals surface area contributed by atoms with E-state index in [0.29, 0.717) is 0 Å². The van der Waals surface area contributed by atoms with Crippen LogP contribution in [-0.4, -0.2) is 10.4 Å². The maximum Gasteiger partial charge on any atom is 0.196 e. The van der Waals surface area contributed by atoms with Crippen LogP contribution in [-0.2, 0) is 6.42 Å². The number of alkyl halides is 1. The number of aromatic nitrogens is 1. The molecule has 1 aliphatic carbocycles. The van der Waals surface area contributed by atoms with E-state index in [1.165, 1.54) is 32.1 Å². The Balaban J connectivity index is 1.54. The predicted molar refractivity (Wildman–Crippen MR) is 78.5 cm³/mol. The highest BCUT2D eigenvalue weighted by molar-refractivity contribution is 6.20. The summed E-state index contributed by atoms with van der Waals surface area (Å²) in [5.74, 6) is 1.68. The van der Waals surface area contributed by atoms with E-state index in [1.807, 2.05) is 24.3 Å². The molecule has 1 atom stereocenters. The zero-order valence-corrected chi connectivity index (χ0v) is 11.9. The average Bonchev–Trinajstić information content (AvgIpc) is 3.04. The first-order valence-electron chi connectivity index (χ1n) is 7.30. The third kappa shape index (κ3) is 3.30. The smallest absolute Gasteiger partial charge is 0.196 e. The summed E-state index contributed by atoms with van der Waals surface area (Å²) in [7, 11) is 0. The van der Waals surface area contributed by atoms with Crippen LogP contribution in [0.5, 0.6) is 0 Å². The number of fused-ring (bicyclic) bond motifs is 1. The largest absolute Gasteiger partial charge is 0.441 e. The highest BCUT2D eigenvalue weighted by Gasteiger charge is 2.18. The second-order valence-corrected chi connectivity index (χ2v) is 6.22. The molecule has 0 N–H and O–H groups in total. The molecule has 1 aliphatic rings. The molecule has 1 heterocycles. The first kappa shape index (κ1) is 13.0. The molecular formula is C16H20ClNO. The predicted octanol–water partition coefficient (Wildman–Crippen LogP) is 4.95. The summed E-state index contributed by atoms with van der Waals surface area (Å²) >= 11 is 6.42. The summed E-state index contributed by atoms with van der Waals surface area (Å²) in [5.41, 5.74) is 1.79. The minimum absolute atomic E-state index is 0.147. The van der Waals surface area contributed by atoms with Crippen LogP contribution in [0.15, 0.2) is 28.7 Å². The summed E-state index contributed by atoms with van der Waals surface area (Å²) in [4.78, 5) is 4.48. The fraction of sp³-hybridized carbons (Fsp3) is 0.562. The Hall–Kier alpha value is -1.02. The highest BCUT2D eigenvalue weighted by atomic mass is 35.5. The van der Waals surface area contributed by atoms with Crippen molar-refractivity contribution in [3.63, 3.8) is 0 Å². The van der Waals surface area contributed by atoms with Crippen molar-refractivity contribution in [3.05, 3.63) is 30.2 Å². The van der Waals surface area contributed by atoms with Gasteiger partial charge in [0.05, 0.1) is 0 Å². The molecule has 2 nitrogen and oxygen atoms in total. The van der Waals surface area contributed by atoms with Gasteiger partial charge in [0.1, 0.15) is 5.52 Å². The molecule has 0 amide bonds. The Bertz CT molecular complexity index is 497. The molecule has 0 radical (unpaired) electrons. The van der Waals surface area contributed by atoms with Gasteiger partial charge in [0.2, 0.25) is 0 Å². The minimum atomic E-state index is 0.147. The zero-order valence-electron chi connectivity index (χ0n) is 11.1. The van der Waals surface area contributed by atoms with E-state index in [2.05, 4.69) is 4.98 Å². The third-order valence-corrected chi connectivity index (χ3v) is 4.47. The van der Waals surface area contributed by atoms with Crippen LogP contribution in [0.2, 0.25) is 0 Å². The molecule has 3 rings (SSSR count). The van der Waals surface area contributed by atoms with Gasteiger partial charge in [-0.25, -0.2) is 4.98 Å². The quantitative estimate of drug-likeness (QED) is 0.723. The average molecular weight is 278 g/mol. The molecule has 1 fully saturated rings. The molecule has 102 valence electrons. The molecule has 0 saturated heterocycles. The van der Waals surface area contributed by atoms with Gasteiger partial charge in [-0.1, -0.05) is 37.8 Å². The van der Waals surface area contributed by atoms with Crippen LogP contribution >= 0.6 is 11.6 Å². The Labute approximate surface area is 119 Å². The molecular weight excluding hydrogens is 258 g/mol. The molecule has 3 heteroatoms. The van der Waals surface area contributed by atoms with Gasteiger partial charge in [-0.15, -0.1) is 11.6 Å². The number of hydrogen-bond donors (Lipinski definition) is 0. The molecule has 1 unspecified atom stereocenters. The Kier molecular flexibility index (Phi) is 4.07. The van der Waals surface area contributed by atoms with Gasteiger partial charge in [0.15, 0.2) is 11.5 Å². The minimum Gasteiger partial charge on any atom is -0.441 e. The molecule has 1 aromatic carbocycles. The summed E-state index contributed by atoms with van der Waals surface area (Å²) in [6.07, 6.45) is 8.67. The molecule has 0 spiro atoms. The lowest BCUT2D eigenvalue weighted by Crippen LogP contribution is -2.06. The van der Waals surface area contributed by atoms with Crippen LogP contribution < -0.4 is 0 Å². The van der Waals surface area contributed by atoms with Crippen LogP contribution in [0.25, 0.3) is 11.1 Å². The lowest BCUT2D eigenvalue weighted by atomic mass is 10.00. The van der Waals surface area contributed by atoms with Crippen molar-refractivity contribution in [2.24, 2.45) is 5.92 Å². The van der Waals surface area contributed by atoms with Crippen LogP contribution in [0.1, 0.15) is 44.4 Å². The van der Waals surface area contributed by atoms with E-state index >= 15 is 0 Å². The summed E-state index contributed by atoms with van der Waals surface area (Å²) in [5, 5.41) is 0.147. The standard InChI is InChI=1S/C16H20ClNO/c17-13(10-9-12-5-1-2-6-12)11-16-18-14-7-3-4-8-15(14)19-16/h3-4,7-8,12-13H,1-2,5-6,9-11H2. The number of para-hydroxylation sites is 2. The van der Waals surface area contributed by atoms with Crippen molar-refractivity contribution in [2.75, 3.05) is 0 Å². The molecule has 2 aromatic rings. The second-order valence-electron chi connectivity index (χ2n) is 5.60. The van der Waals surface area contributed by atoms with E-state index < -0.39 is 0 Å². The molecule has 19 heavy (non-hydrogen) atoms. The van der Waals surface area contributed by atoms with Crippen LogP contribution in [0.4, 0.5) is 0 Å². The van der Waals surface area contributed by atoms with E-state index in [1.54, 1.807) is 0 Å². The van der Waals surface area contributed by atoms with E-state index in [4.69, 9.17) is 16.0 Å². The van der Waals surface area contributed by atoms with Crippen LogP contribution in [0.3, 0.4) is 0 Å². The fourth-order valence-corrected chi connectivity index (χ4v) is 3.27. The Morgan fingerprint density at radius 3 is 2.84 bits per heavy atom. The topological polar surface area (TPSA) is 26.0 Å². The van der Waals surface area contributed by atoms with Gasteiger partial charge in [0, 0.05) is 11.8 Å². The fourth-order valence-electron chi connectivity index (χ4n) is 3.01. The van der Waals surface area contributed by atoms with Crippen LogP contribution in [0, 0.1) is 5.92 Å². The zero-order chi connectivity index (χ0) is 13.1. The number of nitrogens with zero attached hydrogens (tertiary/aromatic N) is 1. The van der Waals surface area contributed by atoms with Crippen molar-refractivity contribution < 1.29 is 4.42 Å². The second kappa shape index (κ2) is 5.96. The van der Waals surface area contributed by atoms with Gasteiger partial charge in [-0.05, 0) is 30.9 Å². The van der Waals surface area contributed by atoms with E-state index in [-0.39, 0.29) is 5.38 Å². The monoisotopic (exact) mass is 277 g/mol. The van der Waals surface area contributed by atoms with Crippen molar-refractivity contribution in [2.45, 2.75) is 50.3 Å². The maximum absolute atomic E-state index is 6.42. The van der Waals surface area contributed by atoms with Crippen molar-refractivity contribution in [3.8, 4) is 0 Å². The highest BCUT2D eigenvalue weighted by Crippen LogP contribution is 2.30. The molecule has 0 bridgehead atoms. The maximum atomic E-state index is 6.42. The number of hydrogen-bond acceptors (Lipinski definition) is 2. The number of benzene rings is 1. The molecule has 0 aliphatic heterocycles. The van der Waals surface area contributed by atoms with Crippen molar-refractivity contribution in [1.29, 1.82) is 0 Å². The van der Waals surface area contributed by atoms with E-state index in [9.17, 15) is 0 Å². The Morgan fingerprint density at radius 1 is 1.26 bits per heavy atom. The third-order valence-electron chi connectivity index (χ3n) is 4.10. The van der Waals surface area contributed by atoms with E-state index in [0.717, 1.165) is 35.7 Å². The van der Waals surface area contributed by atoms with Gasteiger partial charge in [-0.2, -0.15) is 0 Å². The molecule has 1 aromatic heterocycles. The number of halogens is 1. The summed E-state index contributed by atoms with van der Waals surface area (Å²) in [6, 6.07) is 7.88. The van der Waals surface area contributed by atoms with Crippen molar-refractivity contribution in [1.82, 2.24) is 4.98 Å². The molecule has 1 saturated carbocycles. The lowest BCUT2D eigenvalue weighted by molar-refractivity contribution is 0.458. The number of oxazole rings is 1. The first-order valence-corrected chi connectivity index (χ1v) is 7.73. The van der Waals surface area contributed by atoms with Gasteiger partial charge in [-0.3, -0.25) is 0 Å². The van der Waals surface area contributed by atoms with Crippen molar-refractivity contribution >= 4 is 22.7 Å². The van der Waals surface area contributed by atoms with Gasteiger partial charge < -0.3 is 4.42 Å². The SMILES string of the molecule is ClC(CCC1CCCC1)Cc1nc2ccccc2o1. The normalized spacial score (nSPS) is 18.2. The summed E-state index contributed by atoms with van der Waals surface area (Å²) in [6.45, 7) is 0. The van der Waals surface area contributed by atoms with Gasteiger partial charge >= 0.3 is 0 Å². The number of rotatable bonds is 5. The first-order chi connectivity index (χ1) is 9.31.